The molecule has 0 amide bonds. The summed E-state index contributed by atoms with van der Waals surface area (Å²) < 4.78 is 9.90. The van der Waals surface area contributed by atoms with E-state index in [0.717, 1.165) is 6.08 Å². The second kappa shape index (κ2) is 6.07. The summed E-state index contributed by atoms with van der Waals surface area (Å²) in [6.07, 6.45) is 1.09. The van der Waals surface area contributed by atoms with Crippen molar-refractivity contribution >= 4 is 17.6 Å². The van der Waals surface area contributed by atoms with E-state index in [-0.39, 0.29) is 17.9 Å². The van der Waals surface area contributed by atoms with Gasteiger partial charge >= 0.3 is 11.9 Å². The van der Waals surface area contributed by atoms with Gasteiger partial charge in [0.25, 0.3) is 5.79 Å². The molecule has 3 N–H and O–H groups in total. The first kappa shape index (κ1) is 15.8. The summed E-state index contributed by atoms with van der Waals surface area (Å²) in [6.45, 7) is 1.83. The van der Waals surface area contributed by atoms with Crippen molar-refractivity contribution in [3.8, 4) is 0 Å². The first-order valence-corrected chi connectivity index (χ1v) is 6.66. The Bertz CT molecular complexity index is 626. The molecular weight excluding hydrogens is 290 g/mol. The van der Waals surface area contributed by atoms with Gasteiger partial charge in [0.2, 0.25) is 0 Å². The normalized spacial score (nSPS) is 21.8. The molecule has 7 heteroatoms. The maximum atomic E-state index is 11.3. The molecule has 2 rings (SSSR count). The number of carboxylic acids is 1. The lowest BCUT2D eigenvalue weighted by Crippen LogP contribution is -2.43. The Balaban J connectivity index is 2.11. The number of ether oxygens (including phenoxy) is 2. The van der Waals surface area contributed by atoms with Crippen LogP contribution in [0.5, 0.6) is 0 Å². The molecule has 1 aliphatic rings. The molecule has 0 spiro atoms. The topological polar surface area (TPSA) is 105 Å². The largest absolute Gasteiger partial charge is 0.494 e. The van der Waals surface area contributed by atoms with E-state index in [9.17, 15) is 14.7 Å². The predicted molar refractivity (Wildman–Crippen MR) is 77.2 cm³/mol. The minimum Gasteiger partial charge on any atom is -0.494 e. The molecule has 0 radical (unpaired) electrons. The second-order valence-electron chi connectivity index (χ2n) is 4.96. The van der Waals surface area contributed by atoms with Gasteiger partial charge in [-0.3, -0.25) is 0 Å². The SMILES string of the molecule is COC1=CC(=O)OC1(O)C(C)CNc1ccccc1C(=O)O. The number of carbonyl (C=O) groups excluding carboxylic acids is 1. The zero-order chi connectivity index (χ0) is 16.3. The second-order valence-corrected chi connectivity index (χ2v) is 4.96. The van der Waals surface area contributed by atoms with Gasteiger partial charge in [0, 0.05) is 18.2 Å². The third kappa shape index (κ3) is 2.89. The van der Waals surface area contributed by atoms with Gasteiger partial charge in [-0.2, -0.15) is 0 Å². The van der Waals surface area contributed by atoms with Gasteiger partial charge in [-0.25, -0.2) is 9.59 Å². The van der Waals surface area contributed by atoms with Crippen LogP contribution >= 0.6 is 0 Å². The van der Waals surface area contributed by atoms with Crippen LogP contribution in [0.25, 0.3) is 0 Å². The van der Waals surface area contributed by atoms with Crippen molar-refractivity contribution < 1.29 is 29.3 Å². The first-order chi connectivity index (χ1) is 10.4. The zero-order valence-corrected chi connectivity index (χ0v) is 12.2. The Hall–Kier alpha value is -2.54. The zero-order valence-electron chi connectivity index (χ0n) is 12.2. The van der Waals surface area contributed by atoms with E-state index in [2.05, 4.69) is 5.32 Å². The van der Waals surface area contributed by atoms with E-state index < -0.39 is 23.6 Å². The van der Waals surface area contributed by atoms with Crippen LogP contribution in [0.4, 0.5) is 5.69 Å². The lowest BCUT2D eigenvalue weighted by molar-refractivity contribution is -0.207. The van der Waals surface area contributed by atoms with Crippen molar-refractivity contribution in [1.29, 1.82) is 0 Å². The molecule has 22 heavy (non-hydrogen) atoms. The van der Waals surface area contributed by atoms with Crippen molar-refractivity contribution in [3.63, 3.8) is 0 Å². The number of carboxylic acid groups (broad SMARTS) is 1. The van der Waals surface area contributed by atoms with Gasteiger partial charge in [0.15, 0.2) is 5.76 Å². The van der Waals surface area contributed by atoms with Gasteiger partial charge in [-0.15, -0.1) is 0 Å². The Labute approximate surface area is 127 Å². The number of methoxy groups -OCH3 is 1. The van der Waals surface area contributed by atoms with Gasteiger partial charge in [0.1, 0.15) is 0 Å². The summed E-state index contributed by atoms with van der Waals surface area (Å²) in [5, 5.41) is 22.5. The van der Waals surface area contributed by atoms with Crippen LogP contribution in [0.15, 0.2) is 36.1 Å². The summed E-state index contributed by atoms with van der Waals surface area (Å²) in [6, 6.07) is 6.41. The predicted octanol–water partition coefficient (Wildman–Crippen LogP) is 1.21. The van der Waals surface area contributed by atoms with Crippen LogP contribution < -0.4 is 5.32 Å². The number of cyclic esters (lactones) is 1. The van der Waals surface area contributed by atoms with E-state index in [1.807, 2.05) is 0 Å². The number of carbonyl (C=O) groups is 2. The van der Waals surface area contributed by atoms with Gasteiger partial charge < -0.3 is 25.0 Å². The van der Waals surface area contributed by atoms with Crippen molar-refractivity contribution in [2.24, 2.45) is 5.92 Å². The van der Waals surface area contributed by atoms with Crippen molar-refractivity contribution in [3.05, 3.63) is 41.7 Å². The van der Waals surface area contributed by atoms with E-state index in [1.165, 1.54) is 13.2 Å². The van der Waals surface area contributed by atoms with Crippen LogP contribution in [-0.2, 0) is 14.3 Å². The molecule has 0 aromatic heterocycles. The first-order valence-electron chi connectivity index (χ1n) is 6.66. The Kier molecular flexibility index (Phi) is 4.37. The lowest BCUT2D eigenvalue weighted by Gasteiger charge is -2.30. The highest BCUT2D eigenvalue weighted by Gasteiger charge is 2.47. The number of hydrogen-bond donors (Lipinski definition) is 3. The molecule has 1 aliphatic heterocycles. The highest BCUT2D eigenvalue weighted by molar-refractivity contribution is 5.94. The highest BCUT2D eigenvalue weighted by Crippen LogP contribution is 2.33. The summed E-state index contributed by atoms with van der Waals surface area (Å²) in [5.74, 6) is -4.14. The molecule has 0 saturated carbocycles. The molecule has 0 fully saturated rings. The lowest BCUT2D eigenvalue weighted by atomic mass is 9.99. The fourth-order valence-electron chi connectivity index (χ4n) is 2.22. The van der Waals surface area contributed by atoms with Crippen LogP contribution in [0.2, 0.25) is 0 Å². The van der Waals surface area contributed by atoms with Gasteiger partial charge in [-0.05, 0) is 12.1 Å². The number of aliphatic hydroxyl groups is 1. The minimum atomic E-state index is -1.86. The minimum absolute atomic E-state index is 0.0262. The molecule has 1 aromatic carbocycles. The van der Waals surface area contributed by atoms with Gasteiger partial charge in [0.05, 0.1) is 18.7 Å². The molecule has 2 atom stereocenters. The average molecular weight is 307 g/mol. The average Bonchev–Trinajstić information content (AvgIpc) is 2.80. The maximum absolute atomic E-state index is 11.3. The summed E-state index contributed by atoms with van der Waals surface area (Å²) in [5.41, 5.74) is 0.533. The molecule has 0 aliphatic carbocycles. The van der Waals surface area contributed by atoms with Gasteiger partial charge in [-0.1, -0.05) is 19.1 Å². The smallest absolute Gasteiger partial charge is 0.337 e. The van der Waals surface area contributed by atoms with Crippen molar-refractivity contribution in [2.45, 2.75) is 12.7 Å². The van der Waals surface area contributed by atoms with Crippen LogP contribution in [0, 0.1) is 5.92 Å². The Morgan fingerprint density at radius 3 is 2.77 bits per heavy atom. The van der Waals surface area contributed by atoms with Crippen LogP contribution in [0.1, 0.15) is 17.3 Å². The van der Waals surface area contributed by atoms with E-state index >= 15 is 0 Å². The van der Waals surface area contributed by atoms with Crippen molar-refractivity contribution in [2.75, 3.05) is 19.0 Å². The van der Waals surface area contributed by atoms with E-state index in [4.69, 9.17) is 14.6 Å². The molecular formula is C15H17NO6. The number of anilines is 1. The van der Waals surface area contributed by atoms with E-state index in [0.29, 0.717) is 5.69 Å². The number of hydrogen-bond acceptors (Lipinski definition) is 6. The molecule has 1 heterocycles. The van der Waals surface area contributed by atoms with E-state index in [1.54, 1.807) is 25.1 Å². The monoisotopic (exact) mass is 307 g/mol. The van der Waals surface area contributed by atoms with Crippen molar-refractivity contribution in [1.82, 2.24) is 0 Å². The number of rotatable bonds is 6. The summed E-state index contributed by atoms with van der Waals surface area (Å²) >= 11 is 0. The number of nitrogens with one attached hydrogen (secondary N) is 1. The maximum Gasteiger partial charge on any atom is 0.337 e. The quantitative estimate of drug-likeness (QED) is 0.678. The summed E-state index contributed by atoms with van der Waals surface area (Å²) in [7, 11) is 1.33. The number of aromatic carboxylic acids is 1. The molecule has 0 bridgehead atoms. The number of benzene rings is 1. The Morgan fingerprint density at radius 1 is 1.45 bits per heavy atom. The Morgan fingerprint density at radius 2 is 2.14 bits per heavy atom. The molecule has 118 valence electrons. The molecule has 2 unspecified atom stereocenters. The third-order valence-electron chi connectivity index (χ3n) is 3.50. The molecule has 0 saturated heterocycles. The third-order valence-corrected chi connectivity index (χ3v) is 3.50. The molecule has 7 nitrogen and oxygen atoms in total. The number of esters is 1. The van der Waals surface area contributed by atoms with Crippen LogP contribution in [0.3, 0.4) is 0 Å². The highest BCUT2D eigenvalue weighted by atomic mass is 16.7. The fraction of sp³-hybridized carbons (Fsp3) is 0.333. The standard InChI is InChI=1S/C15H17NO6/c1-9(15(20)12(21-2)7-13(17)22-15)8-16-11-6-4-3-5-10(11)14(18)19/h3-7,9,16,20H,8H2,1-2H3,(H,18,19). The molecule has 1 aromatic rings. The summed E-state index contributed by atoms with van der Waals surface area (Å²) in [4.78, 5) is 22.5. The fourth-order valence-corrected chi connectivity index (χ4v) is 2.22. The van der Waals surface area contributed by atoms with Crippen LogP contribution in [-0.4, -0.2) is 41.6 Å². The number of para-hydroxylation sites is 1.